The van der Waals surface area contributed by atoms with E-state index < -0.39 is 5.97 Å². The smallest absolute Gasteiger partial charge is 0.335 e. The van der Waals surface area contributed by atoms with Crippen molar-refractivity contribution in [1.82, 2.24) is 0 Å². The zero-order chi connectivity index (χ0) is 16.2. The van der Waals surface area contributed by atoms with Crippen LogP contribution in [0, 0.1) is 0 Å². The lowest BCUT2D eigenvalue weighted by Crippen LogP contribution is -2.04. The summed E-state index contributed by atoms with van der Waals surface area (Å²) < 4.78 is 5.87. The molecule has 0 aliphatic carbocycles. The number of carboxylic acid groups (broad SMARTS) is 1. The normalized spacial score (nSPS) is 10.4. The number of anilines is 1. The maximum absolute atomic E-state index is 11.3. The van der Waals surface area contributed by atoms with Crippen LogP contribution in [0.25, 0.3) is 11.1 Å². The molecule has 0 radical (unpaired) electrons. The van der Waals surface area contributed by atoms with E-state index in [4.69, 9.17) is 10.5 Å². The molecule has 3 aromatic rings. The average molecular weight is 325 g/mol. The number of ether oxygens (including phenoxy) is 1. The van der Waals surface area contributed by atoms with E-state index in [1.807, 2.05) is 47.2 Å². The van der Waals surface area contributed by atoms with Gasteiger partial charge in [0.1, 0.15) is 12.4 Å². The molecule has 2 aromatic carbocycles. The van der Waals surface area contributed by atoms with Gasteiger partial charge in [0.15, 0.2) is 0 Å². The van der Waals surface area contributed by atoms with E-state index in [0.717, 1.165) is 11.1 Å². The van der Waals surface area contributed by atoms with Gasteiger partial charge in [-0.15, -0.1) is 0 Å². The SMILES string of the molecule is Nc1cc(C(=O)O)cc(OCc2ccsc2)c1-c1ccccc1. The monoisotopic (exact) mass is 325 g/mol. The van der Waals surface area contributed by atoms with Crippen LogP contribution in [0.4, 0.5) is 5.69 Å². The van der Waals surface area contributed by atoms with Gasteiger partial charge in [0.2, 0.25) is 0 Å². The molecule has 116 valence electrons. The molecule has 0 atom stereocenters. The highest BCUT2D eigenvalue weighted by molar-refractivity contribution is 7.07. The van der Waals surface area contributed by atoms with Crippen LogP contribution in [-0.4, -0.2) is 11.1 Å². The van der Waals surface area contributed by atoms with Crippen LogP contribution in [0.3, 0.4) is 0 Å². The third-order valence-corrected chi connectivity index (χ3v) is 4.15. The lowest BCUT2D eigenvalue weighted by molar-refractivity contribution is 0.0696. The van der Waals surface area contributed by atoms with Crippen LogP contribution < -0.4 is 10.5 Å². The maximum Gasteiger partial charge on any atom is 0.335 e. The minimum atomic E-state index is -1.03. The van der Waals surface area contributed by atoms with E-state index >= 15 is 0 Å². The van der Waals surface area contributed by atoms with Gasteiger partial charge < -0.3 is 15.6 Å². The predicted molar refractivity (Wildman–Crippen MR) is 91.9 cm³/mol. The van der Waals surface area contributed by atoms with Crippen molar-refractivity contribution in [2.24, 2.45) is 0 Å². The number of benzene rings is 2. The van der Waals surface area contributed by atoms with Crippen molar-refractivity contribution in [3.8, 4) is 16.9 Å². The van der Waals surface area contributed by atoms with Gasteiger partial charge in [0.25, 0.3) is 0 Å². The summed E-state index contributed by atoms with van der Waals surface area (Å²) in [6, 6.07) is 14.5. The Balaban J connectivity index is 2.04. The lowest BCUT2D eigenvalue weighted by Gasteiger charge is -2.15. The Labute approximate surface area is 137 Å². The van der Waals surface area contributed by atoms with Crippen LogP contribution in [0.5, 0.6) is 5.75 Å². The summed E-state index contributed by atoms with van der Waals surface area (Å²) in [7, 11) is 0. The van der Waals surface area contributed by atoms with Crippen molar-refractivity contribution in [2.75, 3.05) is 5.73 Å². The number of nitrogens with two attached hydrogens (primary N) is 1. The van der Waals surface area contributed by atoms with Gasteiger partial charge in [0.05, 0.1) is 5.56 Å². The zero-order valence-corrected chi connectivity index (χ0v) is 13.0. The number of carbonyl (C=O) groups is 1. The number of thiophene rings is 1. The molecule has 0 fully saturated rings. The first-order valence-corrected chi connectivity index (χ1v) is 7.95. The number of nitrogen functional groups attached to an aromatic ring is 1. The Kier molecular flexibility index (Phi) is 4.30. The van der Waals surface area contributed by atoms with Crippen molar-refractivity contribution in [2.45, 2.75) is 6.61 Å². The van der Waals surface area contributed by atoms with Crippen LogP contribution in [-0.2, 0) is 6.61 Å². The summed E-state index contributed by atoms with van der Waals surface area (Å²) in [5.41, 5.74) is 9.24. The Bertz CT molecular complexity index is 814. The molecule has 23 heavy (non-hydrogen) atoms. The molecule has 1 aromatic heterocycles. The second kappa shape index (κ2) is 6.54. The largest absolute Gasteiger partial charge is 0.488 e. The summed E-state index contributed by atoms with van der Waals surface area (Å²) in [4.78, 5) is 11.3. The summed E-state index contributed by atoms with van der Waals surface area (Å²) in [5, 5.41) is 13.2. The van der Waals surface area contributed by atoms with Crippen molar-refractivity contribution >= 4 is 23.0 Å². The van der Waals surface area contributed by atoms with E-state index in [1.165, 1.54) is 12.1 Å². The maximum atomic E-state index is 11.3. The molecule has 3 N–H and O–H groups in total. The fourth-order valence-corrected chi connectivity index (χ4v) is 2.98. The molecule has 5 heteroatoms. The lowest BCUT2D eigenvalue weighted by atomic mass is 10.00. The molecule has 0 bridgehead atoms. The fraction of sp³-hybridized carbons (Fsp3) is 0.0556. The van der Waals surface area contributed by atoms with Crippen molar-refractivity contribution in [3.05, 3.63) is 70.4 Å². The van der Waals surface area contributed by atoms with E-state index in [2.05, 4.69) is 0 Å². The van der Waals surface area contributed by atoms with E-state index in [0.29, 0.717) is 23.6 Å². The third kappa shape index (κ3) is 3.35. The molecule has 0 aliphatic heterocycles. The van der Waals surface area contributed by atoms with Gasteiger partial charge in [-0.05, 0) is 40.1 Å². The van der Waals surface area contributed by atoms with Crippen molar-refractivity contribution in [1.29, 1.82) is 0 Å². The van der Waals surface area contributed by atoms with Gasteiger partial charge in [0, 0.05) is 11.3 Å². The van der Waals surface area contributed by atoms with Crippen molar-refractivity contribution in [3.63, 3.8) is 0 Å². The van der Waals surface area contributed by atoms with Crippen LogP contribution in [0.15, 0.2) is 59.3 Å². The first kappa shape index (κ1) is 15.1. The topological polar surface area (TPSA) is 72.6 Å². The molecule has 0 unspecified atom stereocenters. The quantitative estimate of drug-likeness (QED) is 0.687. The van der Waals surface area contributed by atoms with Crippen molar-refractivity contribution < 1.29 is 14.6 Å². The number of rotatable bonds is 5. The molecule has 0 saturated heterocycles. The number of hydrogen-bond donors (Lipinski definition) is 2. The van der Waals surface area contributed by atoms with Gasteiger partial charge in [-0.1, -0.05) is 30.3 Å². The highest BCUT2D eigenvalue weighted by atomic mass is 32.1. The van der Waals surface area contributed by atoms with Gasteiger partial charge in [-0.3, -0.25) is 0 Å². The molecular formula is C18H15NO3S. The highest BCUT2D eigenvalue weighted by Gasteiger charge is 2.15. The molecule has 0 saturated carbocycles. The molecule has 0 aliphatic rings. The molecule has 0 amide bonds. The second-order valence-corrected chi connectivity index (χ2v) is 5.81. The Hall–Kier alpha value is -2.79. The van der Waals surface area contributed by atoms with Crippen LogP contribution in [0.2, 0.25) is 0 Å². The molecule has 1 heterocycles. The van der Waals surface area contributed by atoms with E-state index in [9.17, 15) is 9.90 Å². The zero-order valence-electron chi connectivity index (χ0n) is 12.2. The summed E-state index contributed by atoms with van der Waals surface area (Å²) in [5.74, 6) is -0.559. The molecule has 3 rings (SSSR count). The van der Waals surface area contributed by atoms with Gasteiger partial charge in [-0.25, -0.2) is 4.79 Å². The van der Waals surface area contributed by atoms with Crippen LogP contribution in [0.1, 0.15) is 15.9 Å². The summed E-state index contributed by atoms with van der Waals surface area (Å²) in [6.07, 6.45) is 0. The minimum absolute atomic E-state index is 0.113. The second-order valence-electron chi connectivity index (χ2n) is 5.03. The molecular weight excluding hydrogens is 310 g/mol. The number of aromatic carboxylic acids is 1. The standard InChI is InChI=1S/C18H15NO3S/c19-15-8-14(18(20)21)9-16(22-10-12-6-7-23-11-12)17(15)13-4-2-1-3-5-13/h1-9,11H,10,19H2,(H,20,21). The van der Waals surface area contributed by atoms with E-state index in [-0.39, 0.29) is 5.56 Å². The third-order valence-electron chi connectivity index (χ3n) is 3.42. The average Bonchev–Trinajstić information content (AvgIpc) is 3.06. The fourth-order valence-electron chi connectivity index (χ4n) is 2.32. The summed E-state index contributed by atoms with van der Waals surface area (Å²) >= 11 is 1.59. The van der Waals surface area contributed by atoms with E-state index in [1.54, 1.807) is 11.3 Å². The molecule has 4 nitrogen and oxygen atoms in total. The predicted octanol–water partition coefficient (Wildman–Crippen LogP) is 4.27. The minimum Gasteiger partial charge on any atom is -0.488 e. The Morgan fingerprint density at radius 2 is 1.96 bits per heavy atom. The Morgan fingerprint density at radius 3 is 2.61 bits per heavy atom. The molecule has 0 spiro atoms. The Morgan fingerprint density at radius 1 is 1.17 bits per heavy atom. The van der Waals surface area contributed by atoms with Gasteiger partial charge in [-0.2, -0.15) is 11.3 Å². The number of hydrogen-bond acceptors (Lipinski definition) is 4. The first-order chi connectivity index (χ1) is 11.1. The highest BCUT2D eigenvalue weighted by Crippen LogP contribution is 2.37. The van der Waals surface area contributed by atoms with Gasteiger partial charge >= 0.3 is 5.97 Å². The first-order valence-electron chi connectivity index (χ1n) is 7.01. The van der Waals surface area contributed by atoms with Crippen LogP contribution >= 0.6 is 11.3 Å². The summed E-state index contributed by atoms with van der Waals surface area (Å²) in [6.45, 7) is 0.367. The number of carboxylic acids is 1.